The lowest BCUT2D eigenvalue weighted by Crippen LogP contribution is -2.22. The Morgan fingerprint density at radius 3 is 2.77 bits per heavy atom. The molecule has 13 heavy (non-hydrogen) atoms. The molecule has 0 bridgehead atoms. The average Bonchev–Trinajstić information content (AvgIpc) is 2.33. The Morgan fingerprint density at radius 2 is 2.15 bits per heavy atom. The van der Waals surface area contributed by atoms with Crippen LogP contribution in [-0.2, 0) is 0 Å². The fraction of sp³-hybridized carbons (Fsp3) is 0.300. The summed E-state index contributed by atoms with van der Waals surface area (Å²) in [5.74, 6) is -0.105. The van der Waals surface area contributed by atoms with Crippen LogP contribution in [-0.4, -0.2) is 23.0 Å². The van der Waals surface area contributed by atoms with E-state index in [1.54, 1.807) is 13.1 Å². The molecule has 0 saturated heterocycles. The van der Waals surface area contributed by atoms with Gasteiger partial charge in [-0.1, -0.05) is 12.1 Å². The Morgan fingerprint density at radius 1 is 1.46 bits per heavy atom. The zero-order chi connectivity index (χ0) is 9.59. The van der Waals surface area contributed by atoms with Crippen LogP contribution >= 0.6 is 0 Å². The molecule has 3 heteroatoms. The summed E-state index contributed by atoms with van der Waals surface area (Å²) < 4.78 is 0. The summed E-state index contributed by atoms with van der Waals surface area (Å²) >= 11 is 0. The third-order valence-corrected chi connectivity index (χ3v) is 2.50. The number of benzene rings is 1. The predicted molar refractivity (Wildman–Crippen MR) is 48.2 cm³/mol. The molecular weight excluding hydrogens is 166 g/mol. The van der Waals surface area contributed by atoms with Crippen LogP contribution in [0.15, 0.2) is 18.2 Å². The quantitative estimate of drug-likeness (QED) is 0.644. The lowest BCUT2D eigenvalue weighted by atomic mass is 10.0. The van der Waals surface area contributed by atoms with Crippen molar-refractivity contribution in [3.05, 3.63) is 34.9 Å². The van der Waals surface area contributed by atoms with Gasteiger partial charge >= 0.3 is 0 Å². The number of aliphatic hydroxyl groups is 1. The number of aliphatic hydroxyl groups excluding tert-OH is 1. The average molecular weight is 177 g/mol. The highest BCUT2D eigenvalue weighted by Crippen LogP contribution is 2.32. The first-order valence-corrected chi connectivity index (χ1v) is 4.17. The van der Waals surface area contributed by atoms with Crippen molar-refractivity contribution in [1.29, 1.82) is 0 Å². The summed E-state index contributed by atoms with van der Waals surface area (Å²) in [6.07, 6.45) is -0.774. The Hall–Kier alpha value is -1.35. The van der Waals surface area contributed by atoms with Crippen molar-refractivity contribution in [1.82, 2.24) is 4.90 Å². The van der Waals surface area contributed by atoms with Gasteiger partial charge in [-0.3, -0.25) is 4.79 Å². The molecule has 0 aliphatic carbocycles. The molecule has 0 spiro atoms. The zero-order valence-electron chi connectivity index (χ0n) is 7.61. The first kappa shape index (κ1) is 8.26. The number of hydrogen-bond acceptors (Lipinski definition) is 2. The third-order valence-electron chi connectivity index (χ3n) is 2.50. The molecule has 1 atom stereocenters. The van der Waals surface area contributed by atoms with E-state index in [0.29, 0.717) is 5.56 Å². The van der Waals surface area contributed by atoms with Gasteiger partial charge in [0.1, 0.15) is 0 Å². The lowest BCUT2D eigenvalue weighted by Gasteiger charge is -2.14. The standard InChI is InChI=1S/C10H11NO2/c1-6-4-3-5-7-8(6)10(13)11(2)9(7)12/h3-5,10,13H,1-2H3. The number of hydrogen-bond donors (Lipinski definition) is 1. The van der Waals surface area contributed by atoms with Crippen LogP contribution in [0, 0.1) is 6.92 Å². The molecule has 0 radical (unpaired) electrons. The molecule has 68 valence electrons. The number of rotatable bonds is 0. The molecule has 1 aromatic carbocycles. The highest BCUT2D eigenvalue weighted by molar-refractivity contribution is 5.99. The zero-order valence-corrected chi connectivity index (χ0v) is 7.61. The summed E-state index contributed by atoms with van der Waals surface area (Å²) in [7, 11) is 1.60. The molecule has 1 aliphatic heterocycles. The first-order valence-electron chi connectivity index (χ1n) is 4.17. The van der Waals surface area contributed by atoms with Gasteiger partial charge in [0.15, 0.2) is 6.23 Å². The van der Waals surface area contributed by atoms with Crippen molar-refractivity contribution in [2.75, 3.05) is 7.05 Å². The van der Waals surface area contributed by atoms with E-state index >= 15 is 0 Å². The van der Waals surface area contributed by atoms with E-state index in [-0.39, 0.29) is 5.91 Å². The van der Waals surface area contributed by atoms with Gasteiger partial charge in [-0.05, 0) is 18.6 Å². The van der Waals surface area contributed by atoms with Gasteiger partial charge in [0.05, 0.1) is 0 Å². The Balaban J connectivity index is 2.66. The topological polar surface area (TPSA) is 40.5 Å². The van der Waals surface area contributed by atoms with E-state index in [2.05, 4.69) is 0 Å². The maximum absolute atomic E-state index is 11.5. The fourth-order valence-electron chi connectivity index (χ4n) is 1.70. The molecule has 0 fully saturated rings. The molecule has 3 nitrogen and oxygen atoms in total. The minimum Gasteiger partial charge on any atom is -0.369 e. The van der Waals surface area contributed by atoms with E-state index in [0.717, 1.165) is 11.1 Å². The van der Waals surface area contributed by atoms with Crippen molar-refractivity contribution in [2.24, 2.45) is 0 Å². The predicted octanol–water partition coefficient (Wildman–Crippen LogP) is 1.07. The molecule has 1 aliphatic rings. The van der Waals surface area contributed by atoms with Crippen LogP contribution in [0.1, 0.15) is 27.7 Å². The summed E-state index contributed by atoms with van der Waals surface area (Å²) in [5.41, 5.74) is 2.33. The van der Waals surface area contributed by atoms with Gasteiger partial charge < -0.3 is 10.0 Å². The van der Waals surface area contributed by atoms with Gasteiger partial charge in [0.2, 0.25) is 0 Å². The van der Waals surface area contributed by atoms with Gasteiger partial charge in [-0.25, -0.2) is 0 Å². The number of fused-ring (bicyclic) bond motifs is 1. The molecule has 1 heterocycles. The Kier molecular flexibility index (Phi) is 1.63. The second-order valence-electron chi connectivity index (χ2n) is 3.33. The maximum atomic E-state index is 11.5. The Bertz CT molecular complexity index is 373. The molecule has 1 amide bonds. The van der Waals surface area contributed by atoms with Gasteiger partial charge in [0, 0.05) is 18.2 Å². The molecule has 1 unspecified atom stereocenters. The smallest absolute Gasteiger partial charge is 0.256 e. The minimum absolute atomic E-state index is 0.105. The SMILES string of the molecule is Cc1cccc2c1C(O)N(C)C2=O. The number of aryl methyl sites for hydroxylation is 1. The first-order chi connectivity index (χ1) is 6.13. The third kappa shape index (κ3) is 0.971. The van der Waals surface area contributed by atoms with E-state index in [9.17, 15) is 9.90 Å². The van der Waals surface area contributed by atoms with Crippen LogP contribution in [0.2, 0.25) is 0 Å². The highest BCUT2D eigenvalue weighted by atomic mass is 16.3. The normalized spacial score (nSPS) is 20.7. The largest absolute Gasteiger partial charge is 0.369 e. The van der Waals surface area contributed by atoms with Crippen LogP contribution in [0.3, 0.4) is 0 Å². The van der Waals surface area contributed by atoms with Crippen molar-refractivity contribution in [3.63, 3.8) is 0 Å². The summed E-state index contributed by atoms with van der Waals surface area (Å²) in [6, 6.07) is 5.48. The molecule has 0 saturated carbocycles. The second kappa shape index (κ2) is 2.57. The van der Waals surface area contributed by atoms with Crippen molar-refractivity contribution in [3.8, 4) is 0 Å². The number of carbonyl (C=O) groups excluding carboxylic acids is 1. The number of carbonyl (C=O) groups is 1. The minimum atomic E-state index is -0.774. The van der Waals surface area contributed by atoms with E-state index in [1.807, 2.05) is 19.1 Å². The molecule has 1 N–H and O–H groups in total. The molecule has 1 aromatic rings. The van der Waals surface area contributed by atoms with Crippen molar-refractivity contribution < 1.29 is 9.90 Å². The van der Waals surface area contributed by atoms with E-state index in [1.165, 1.54) is 4.90 Å². The fourth-order valence-corrected chi connectivity index (χ4v) is 1.70. The van der Waals surface area contributed by atoms with Gasteiger partial charge in [-0.2, -0.15) is 0 Å². The van der Waals surface area contributed by atoms with Gasteiger partial charge in [0.25, 0.3) is 5.91 Å². The van der Waals surface area contributed by atoms with E-state index < -0.39 is 6.23 Å². The maximum Gasteiger partial charge on any atom is 0.256 e. The summed E-state index contributed by atoms with van der Waals surface area (Å²) in [6.45, 7) is 1.90. The molecular formula is C10H11NO2. The van der Waals surface area contributed by atoms with Gasteiger partial charge in [-0.15, -0.1) is 0 Å². The van der Waals surface area contributed by atoms with Crippen LogP contribution in [0.5, 0.6) is 0 Å². The second-order valence-corrected chi connectivity index (χ2v) is 3.33. The van der Waals surface area contributed by atoms with Crippen LogP contribution < -0.4 is 0 Å². The molecule has 2 rings (SSSR count). The van der Waals surface area contributed by atoms with Crippen LogP contribution in [0.4, 0.5) is 0 Å². The molecule has 0 aromatic heterocycles. The lowest BCUT2D eigenvalue weighted by molar-refractivity contribution is 0.0299. The van der Waals surface area contributed by atoms with Crippen LogP contribution in [0.25, 0.3) is 0 Å². The number of nitrogens with zero attached hydrogens (tertiary/aromatic N) is 1. The van der Waals surface area contributed by atoms with E-state index in [4.69, 9.17) is 0 Å². The summed E-state index contributed by atoms with van der Waals surface area (Å²) in [4.78, 5) is 12.9. The monoisotopic (exact) mass is 177 g/mol. The van der Waals surface area contributed by atoms with Crippen molar-refractivity contribution >= 4 is 5.91 Å². The number of amides is 1. The highest BCUT2D eigenvalue weighted by Gasteiger charge is 2.33. The Labute approximate surface area is 76.6 Å². The summed E-state index contributed by atoms with van der Waals surface area (Å²) in [5, 5.41) is 9.71. The van der Waals surface area contributed by atoms with Crippen molar-refractivity contribution in [2.45, 2.75) is 13.2 Å².